The lowest BCUT2D eigenvalue weighted by Crippen LogP contribution is -2.30. The molecule has 1 aromatic rings. The summed E-state index contributed by atoms with van der Waals surface area (Å²) >= 11 is 0. The van der Waals surface area contributed by atoms with Gasteiger partial charge in [-0.2, -0.15) is 0 Å². The zero-order valence-electron chi connectivity index (χ0n) is 11.2. The first-order valence-electron chi connectivity index (χ1n) is 6.20. The molecule has 0 unspecified atom stereocenters. The third-order valence-corrected chi connectivity index (χ3v) is 2.56. The van der Waals surface area contributed by atoms with Crippen molar-refractivity contribution in [1.82, 2.24) is 5.32 Å². The fraction of sp³-hybridized carbons (Fsp3) is 0.429. The second-order valence-electron chi connectivity index (χ2n) is 4.51. The van der Waals surface area contributed by atoms with Crippen LogP contribution >= 0.6 is 0 Å². The molecule has 0 aliphatic carbocycles. The van der Waals surface area contributed by atoms with Crippen LogP contribution in [0.25, 0.3) is 0 Å². The maximum absolute atomic E-state index is 11.4. The number of ether oxygens (including phenoxy) is 1. The molecule has 2 N–H and O–H groups in total. The van der Waals surface area contributed by atoms with Crippen molar-refractivity contribution in [2.75, 3.05) is 13.2 Å². The first-order valence-corrected chi connectivity index (χ1v) is 6.20. The van der Waals surface area contributed by atoms with Gasteiger partial charge in [0.1, 0.15) is 5.75 Å². The van der Waals surface area contributed by atoms with Crippen molar-refractivity contribution in [3.05, 3.63) is 29.8 Å². The van der Waals surface area contributed by atoms with Crippen LogP contribution in [-0.4, -0.2) is 30.1 Å². The molecule has 19 heavy (non-hydrogen) atoms. The Morgan fingerprint density at radius 3 is 2.74 bits per heavy atom. The second-order valence-corrected chi connectivity index (χ2v) is 4.51. The molecule has 5 nitrogen and oxygen atoms in total. The topological polar surface area (TPSA) is 75.6 Å². The van der Waals surface area contributed by atoms with Gasteiger partial charge in [-0.15, -0.1) is 0 Å². The first-order chi connectivity index (χ1) is 8.99. The summed E-state index contributed by atoms with van der Waals surface area (Å²) in [6.45, 7) is 4.17. The van der Waals surface area contributed by atoms with Crippen LogP contribution < -0.4 is 10.1 Å². The highest BCUT2D eigenvalue weighted by Crippen LogP contribution is 2.19. The molecule has 104 valence electrons. The summed E-state index contributed by atoms with van der Waals surface area (Å²) in [6.07, 6.45) is -0.0887. The molecular formula is C14H19NO4. The van der Waals surface area contributed by atoms with Crippen molar-refractivity contribution >= 4 is 11.9 Å². The molecule has 1 amide bonds. The lowest BCUT2D eigenvalue weighted by Gasteiger charge is -2.10. The Hall–Kier alpha value is -2.04. The van der Waals surface area contributed by atoms with Gasteiger partial charge in [0.05, 0.1) is 6.42 Å². The highest BCUT2D eigenvalue weighted by Gasteiger charge is 2.05. The van der Waals surface area contributed by atoms with Gasteiger partial charge in [-0.3, -0.25) is 9.59 Å². The average molecular weight is 265 g/mol. The van der Waals surface area contributed by atoms with E-state index < -0.39 is 5.97 Å². The van der Waals surface area contributed by atoms with Crippen molar-refractivity contribution in [3.63, 3.8) is 0 Å². The van der Waals surface area contributed by atoms with Crippen molar-refractivity contribution in [2.45, 2.75) is 26.2 Å². The van der Waals surface area contributed by atoms with Crippen molar-refractivity contribution < 1.29 is 19.4 Å². The lowest BCUT2D eigenvalue weighted by molar-refractivity contribution is -0.137. The van der Waals surface area contributed by atoms with Crippen molar-refractivity contribution in [1.29, 1.82) is 0 Å². The molecule has 0 aliphatic rings. The van der Waals surface area contributed by atoms with Crippen LogP contribution in [0.3, 0.4) is 0 Å². The van der Waals surface area contributed by atoms with Crippen LogP contribution in [0.15, 0.2) is 24.3 Å². The van der Waals surface area contributed by atoms with E-state index in [1.54, 1.807) is 6.07 Å². The molecule has 0 spiro atoms. The molecule has 0 saturated heterocycles. The highest BCUT2D eigenvalue weighted by atomic mass is 16.5. The van der Waals surface area contributed by atoms with Crippen LogP contribution in [0, 0.1) is 0 Å². The van der Waals surface area contributed by atoms with E-state index in [1.807, 2.05) is 18.2 Å². The summed E-state index contributed by atoms with van der Waals surface area (Å²) in [5, 5.41) is 10.9. The quantitative estimate of drug-likeness (QED) is 0.788. The molecule has 0 aliphatic heterocycles. The molecule has 0 fully saturated rings. The fourth-order valence-corrected chi connectivity index (χ4v) is 1.47. The molecule has 0 bridgehead atoms. The molecule has 0 saturated carbocycles. The minimum absolute atomic E-state index is 0.0887. The smallest absolute Gasteiger partial charge is 0.305 e. The number of hydrogen-bond donors (Lipinski definition) is 2. The van der Waals surface area contributed by atoms with Gasteiger partial charge in [-0.05, 0) is 23.6 Å². The van der Waals surface area contributed by atoms with E-state index in [-0.39, 0.29) is 25.5 Å². The summed E-state index contributed by atoms with van der Waals surface area (Å²) in [4.78, 5) is 21.7. The third-order valence-electron chi connectivity index (χ3n) is 2.56. The fourth-order valence-electron chi connectivity index (χ4n) is 1.47. The number of nitrogens with one attached hydrogen (secondary N) is 1. The monoisotopic (exact) mass is 265 g/mol. The zero-order valence-corrected chi connectivity index (χ0v) is 11.2. The Bertz CT molecular complexity index is 443. The Balaban J connectivity index is 2.37. The number of rotatable bonds is 7. The normalized spacial score (nSPS) is 10.3. The Morgan fingerprint density at radius 1 is 1.37 bits per heavy atom. The number of hydrogen-bond acceptors (Lipinski definition) is 3. The summed E-state index contributed by atoms with van der Waals surface area (Å²) < 4.78 is 5.36. The highest BCUT2D eigenvalue weighted by molar-refractivity contribution is 5.78. The molecular weight excluding hydrogens is 246 g/mol. The van der Waals surface area contributed by atoms with Gasteiger partial charge in [0.2, 0.25) is 0 Å². The summed E-state index contributed by atoms with van der Waals surface area (Å²) in [5.41, 5.74) is 1.14. The van der Waals surface area contributed by atoms with Crippen molar-refractivity contribution in [3.8, 4) is 5.75 Å². The van der Waals surface area contributed by atoms with Crippen LogP contribution in [0.2, 0.25) is 0 Å². The number of amides is 1. The largest absolute Gasteiger partial charge is 0.484 e. The molecule has 1 aromatic carbocycles. The van der Waals surface area contributed by atoms with E-state index in [4.69, 9.17) is 9.84 Å². The Labute approximate surface area is 112 Å². The molecule has 0 heterocycles. The van der Waals surface area contributed by atoms with E-state index in [1.165, 1.54) is 0 Å². The predicted molar refractivity (Wildman–Crippen MR) is 71.3 cm³/mol. The third kappa shape index (κ3) is 5.90. The minimum Gasteiger partial charge on any atom is -0.484 e. The molecule has 0 aromatic heterocycles. The van der Waals surface area contributed by atoms with E-state index in [2.05, 4.69) is 19.2 Å². The van der Waals surface area contributed by atoms with Gasteiger partial charge >= 0.3 is 5.97 Å². The van der Waals surface area contributed by atoms with E-state index in [9.17, 15) is 9.59 Å². The first kappa shape index (κ1) is 15.0. The van der Waals surface area contributed by atoms with Gasteiger partial charge < -0.3 is 15.2 Å². The molecule has 1 rings (SSSR count). The van der Waals surface area contributed by atoms with Gasteiger partial charge in [0.15, 0.2) is 6.61 Å². The van der Waals surface area contributed by atoms with E-state index in [0.717, 1.165) is 5.56 Å². The minimum atomic E-state index is -0.939. The lowest BCUT2D eigenvalue weighted by atomic mass is 10.0. The number of benzene rings is 1. The van der Waals surface area contributed by atoms with Gasteiger partial charge in [0, 0.05) is 6.54 Å². The Morgan fingerprint density at radius 2 is 2.11 bits per heavy atom. The SMILES string of the molecule is CC(C)c1cccc(OCC(=O)NCCC(=O)O)c1. The number of carboxylic acid groups (broad SMARTS) is 1. The van der Waals surface area contributed by atoms with E-state index in [0.29, 0.717) is 11.7 Å². The van der Waals surface area contributed by atoms with Crippen LogP contribution in [0.4, 0.5) is 0 Å². The van der Waals surface area contributed by atoms with Crippen molar-refractivity contribution in [2.24, 2.45) is 0 Å². The Kier molecular flexibility index (Phi) is 5.85. The standard InChI is InChI=1S/C14H19NO4/c1-10(2)11-4-3-5-12(8-11)19-9-13(16)15-7-6-14(17)18/h3-5,8,10H,6-7,9H2,1-2H3,(H,15,16)(H,17,18). The van der Waals surface area contributed by atoms with Gasteiger partial charge in [0.25, 0.3) is 5.91 Å². The molecule has 0 atom stereocenters. The van der Waals surface area contributed by atoms with Gasteiger partial charge in [-0.1, -0.05) is 26.0 Å². The average Bonchev–Trinajstić information content (AvgIpc) is 2.36. The summed E-state index contributed by atoms with van der Waals surface area (Å²) in [7, 11) is 0. The second kappa shape index (κ2) is 7.41. The maximum Gasteiger partial charge on any atom is 0.305 e. The number of carboxylic acids is 1. The maximum atomic E-state index is 11.4. The van der Waals surface area contributed by atoms with Crippen LogP contribution in [0.5, 0.6) is 5.75 Å². The summed E-state index contributed by atoms with van der Waals surface area (Å²) in [5.74, 6) is -0.227. The predicted octanol–water partition coefficient (Wildman–Crippen LogP) is 1.78. The van der Waals surface area contributed by atoms with Gasteiger partial charge in [-0.25, -0.2) is 0 Å². The van der Waals surface area contributed by atoms with E-state index >= 15 is 0 Å². The zero-order chi connectivity index (χ0) is 14.3. The molecule has 5 heteroatoms. The summed E-state index contributed by atoms with van der Waals surface area (Å²) in [6, 6.07) is 7.57. The number of carbonyl (C=O) groups is 2. The van der Waals surface area contributed by atoms with Crippen LogP contribution in [0.1, 0.15) is 31.7 Å². The number of carbonyl (C=O) groups excluding carboxylic acids is 1. The molecule has 0 radical (unpaired) electrons. The van der Waals surface area contributed by atoms with Crippen LogP contribution in [-0.2, 0) is 9.59 Å². The number of aliphatic carboxylic acids is 1.